The summed E-state index contributed by atoms with van der Waals surface area (Å²) in [4.78, 5) is 0. The largest absolute Gasteiger partial charge is 0.497 e. The molecule has 0 spiro atoms. The summed E-state index contributed by atoms with van der Waals surface area (Å²) in [6.45, 7) is 4.14. The predicted molar refractivity (Wildman–Crippen MR) is 67.1 cm³/mol. The second-order valence-corrected chi connectivity index (χ2v) is 3.68. The first-order valence-electron chi connectivity index (χ1n) is 5.82. The minimum Gasteiger partial charge on any atom is -0.497 e. The molecule has 1 rings (SSSR count). The number of nitrogens with two attached hydrogens (primary N) is 1. The number of benzene rings is 1. The van der Waals surface area contributed by atoms with E-state index >= 15 is 0 Å². The van der Waals surface area contributed by atoms with Crippen molar-refractivity contribution in [1.29, 1.82) is 0 Å². The van der Waals surface area contributed by atoms with E-state index in [2.05, 4.69) is 0 Å². The summed E-state index contributed by atoms with van der Waals surface area (Å²) in [5.74, 6) is 0.839. The second kappa shape index (κ2) is 8.06. The minimum absolute atomic E-state index is 0.0226. The van der Waals surface area contributed by atoms with E-state index in [1.807, 2.05) is 31.2 Å². The molecule has 0 fully saturated rings. The molecule has 0 aliphatic rings. The number of ether oxygens (including phenoxy) is 3. The Bertz CT molecular complexity index is 317. The van der Waals surface area contributed by atoms with E-state index in [4.69, 9.17) is 19.9 Å². The van der Waals surface area contributed by atoms with Crippen molar-refractivity contribution in [1.82, 2.24) is 0 Å². The number of rotatable bonds is 8. The third kappa shape index (κ3) is 5.17. The van der Waals surface area contributed by atoms with Crippen LogP contribution < -0.4 is 10.5 Å². The van der Waals surface area contributed by atoms with Crippen LogP contribution in [0.4, 0.5) is 0 Å². The molecule has 0 bridgehead atoms. The molecular formula is C13H21NO3. The quantitative estimate of drug-likeness (QED) is 0.748. The van der Waals surface area contributed by atoms with E-state index in [-0.39, 0.29) is 6.10 Å². The van der Waals surface area contributed by atoms with Gasteiger partial charge in [-0.3, -0.25) is 0 Å². The second-order valence-electron chi connectivity index (χ2n) is 3.68. The van der Waals surface area contributed by atoms with Gasteiger partial charge in [0, 0.05) is 13.2 Å². The minimum atomic E-state index is -0.0226. The fourth-order valence-electron chi connectivity index (χ4n) is 1.49. The van der Waals surface area contributed by atoms with Crippen molar-refractivity contribution >= 4 is 0 Å². The molecule has 0 heterocycles. The Balaban J connectivity index is 2.34. The van der Waals surface area contributed by atoms with Gasteiger partial charge in [-0.2, -0.15) is 0 Å². The Morgan fingerprint density at radius 1 is 1.35 bits per heavy atom. The molecular weight excluding hydrogens is 218 g/mol. The van der Waals surface area contributed by atoms with Crippen LogP contribution in [0.15, 0.2) is 24.3 Å². The molecule has 1 aromatic rings. The highest BCUT2D eigenvalue weighted by molar-refractivity contribution is 5.27. The molecule has 0 aliphatic carbocycles. The third-order valence-corrected chi connectivity index (χ3v) is 2.37. The van der Waals surface area contributed by atoms with Crippen molar-refractivity contribution in [2.75, 3.05) is 26.9 Å². The van der Waals surface area contributed by atoms with Gasteiger partial charge in [-0.15, -0.1) is 0 Å². The van der Waals surface area contributed by atoms with Crippen LogP contribution in [0.3, 0.4) is 0 Å². The topological polar surface area (TPSA) is 53.7 Å². The summed E-state index contributed by atoms with van der Waals surface area (Å²) in [6, 6.07) is 7.81. The fraction of sp³-hybridized carbons (Fsp3) is 0.538. The molecule has 0 saturated heterocycles. The average molecular weight is 239 g/mol. The summed E-state index contributed by atoms with van der Waals surface area (Å²) in [5, 5.41) is 0. The van der Waals surface area contributed by atoms with E-state index < -0.39 is 0 Å². The van der Waals surface area contributed by atoms with Gasteiger partial charge in [-0.1, -0.05) is 12.1 Å². The molecule has 4 nitrogen and oxygen atoms in total. The van der Waals surface area contributed by atoms with E-state index in [1.165, 1.54) is 0 Å². The van der Waals surface area contributed by atoms with Crippen LogP contribution in [0.2, 0.25) is 0 Å². The highest BCUT2D eigenvalue weighted by Gasteiger charge is 2.06. The Morgan fingerprint density at radius 2 is 2.18 bits per heavy atom. The van der Waals surface area contributed by atoms with Crippen molar-refractivity contribution < 1.29 is 14.2 Å². The van der Waals surface area contributed by atoms with Crippen molar-refractivity contribution in [2.45, 2.75) is 19.6 Å². The Labute approximate surface area is 103 Å². The summed E-state index contributed by atoms with van der Waals surface area (Å²) in [5.41, 5.74) is 6.64. The predicted octanol–water partition coefficient (Wildman–Crippen LogP) is 1.58. The molecule has 0 aromatic heterocycles. The van der Waals surface area contributed by atoms with Crippen LogP contribution in [0, 0.1) is 0 Å². The lowest BCUT2D eigenvalue weighted by Gasteiger charge is -2.15. The lowest BCUT2D eigenvalue weighted by molar-refractivity contribution is -0.0120. The summed E-state index contributed by atoms with van der Waals surface area (Å²) in [7, 11) is 1.65. The Kier molecular flexibility index (Phi) is 6.62. The van der Waals surface area contributed by atoms with E-state index in [0.717, 1.165) is 11.3 Å². The SMILES string of the molecule is CCOC(CN)COCc1cccc(OC)c1. The zero-order valence-corrected chi connectivity index (χ0v) is 10.5. The van der Waals surface area contributed by atoms with Gasteiger partial charge < -0.3 is 19.9 Å². The van der Waals surface area contributed by atoms with Gasteiger partial charge in [0.2, 0.25) is 0 Å². The van der Waals surface area contributed by atoms with Gasteiger partial charge in [0.15, 0.2) is 0 Å². The number of hydrogen-bond acceptors (Lipinski definition) is 4. The molecule has 1 atom stereocenters. The van der Waals surface area contributed by atoms with Crippen molar-refractivity contribution in [3.63, 3.8) is 0 Å². The lowest BCUT2D eigenvalue weighted by Crippen LogP contribution is -2.28. The molecule has 17 heavy (non-hydrogen) atoms. The molecule has 96 valence electrons. The van der Waals surface area contributed by atoms with Crippen LogP contribution in [-0.4, -0.2) is 33.0 Å². The number of hydrogen-bond donors (Lipinski definition) is 1. The molecule has 1 aromatic carbocycles. The summed E-state index contributed by atoms with van der Waals surface area (Å²) in [6.07, 6.45) is -0.0226. The van der Waals surface area contributed by atoms with E-state index in [9.17, 15) is 0 Å². The van der Waals surface area contributed by atoms with Gasteiger partial charge in [0.05, 0.1) is 26.4 Å². The first-order valence-corrected chi connectivity index (χ1v) is 5.82. The zero-order valence-electron chi connectivity index (χ0n) is 10.5. The summed E-state index contributed by atoms with van der Waals surface area (Å²) >= 11 is 0. The molecule has 2 N–H and O–H groups in total. The Morgan fingerprint density at radius 3 is 2.82 bits per heavy atom. The van der Waals surface area contributed by atoms with Gasteiger partial charge >= 0.3 is 0 Å². The van der Waals surface area contributed by atoms with Crippen LogP contribution in [0.1, 0.15) is 12.5 Å². The standard InChI is InChI=1S/C13H21NO3/c1-3-17-13(8-14)10-16-9-11-5-4-6-12(7-11)15-2/h4-7,13H,3,8-10,14H2,1-2H3. The van der Waals surface area contributed by atoms with E-state index in [0.29, 0.717) is 26.4 Å². The van der Waals surface area contributed by atoms with Crippen LogP contribution >= 0.6 is 0 Å². The third-order valence-electron chi connectivity index (χ3n) is 2.37. The monoisotopic (exact) mass is 239 g/mol. The normalized spacial score (nSPS) is 12.4. The molecule has 0 saturated carbocycles. The number of methoxy groups -OCH3 is 1. The first-order chi connectivity index (χ1) is 8.30. The van der Waals surface area contributed by atoms with Crippen LogP contribution in [0.25, 0.3) is 0 Å². The smallest absolute Gasteiger partial charge is 0.119 e. The maximum atomic E-state index is 5.56. The summed E-state index contributed by atoms with van der Waals surface area (Å²) < 4.78 is 16.1. The van der Waals surface area contributed by atoms with Crippen molar-refractivity contribution in [2.24, 2.45) is 5.73 Å². The molecule has 0 radical (unpaired) electrons. The van der Waals surface area contributed by atoms with Gasteiger partial charge in [0.1, 0.15) is 5.75 Å². The first kappa shape index (κ1) is 14.0. The Hall–Kier alpha value is -1.10. The zero-order chi connectivity index (χ0) is 12.5. The molecule has 4 heteroatoms. The maximum absolute atomic E-state index is 5.56. The van der Waals surface area contributed by atoms with Crippen LogP contribution in [0.5, 0.6) is 5.75 Å². The van der Waals surface area contributed by atoms with Crippen LogP contribution in [-0.2, 0) is 16.1 Å². The molecule has 0 amide bonds. The maximum Gasteiger partial charge on any atom is 0.119 e. The van der Waals surface area contributed by atoms with Gasteiger partial charge in [0.25, 0.3) is 0 Å². The molecule has 0 aliphatic heterocycles. The highest BCUT2D eigenvalue weighted by atomic mass is 16.5. The fourth-order valence-corrected chi connectivity index (χ4v) is 1.49. The molecule has 1 unspecified atom stereocenters. The highest BCUT2D eigenvalue weighted by Crippen LogP contribution is 2.13. The van der Waals surface area contributed by atoms with E-state index in [1.54, 1.807) is 7.11 Å². The average Bonchev–Trinajstić information content (AvgIpc) is 2.38. The van der Waals surface area contributed by atoms with Crippen molar-refractivity contribution in [3.8, 4) is 5.75 Å². The van der Waals surface area contributed by atoms with Gasteiger partial charge in [-0.25, -0.2) is 0 Å². The lowest BCUT2D eigenvalue weighted by atomic mass is 10.2. The van der Waals surface area contributed by atoms with Gasteiger partial charge in [-0.05, 0) is 24.6 Å². The van der Waals surface area contributed by atoms with Crippen molar-refractivity contribution in [3.05, 3.63) is 29.8 Å².